The van der Waals surface area contributed by atoms with Gasteiger partial charge in [-0.1, -0.05) is 17.7 Å². The molecule has 7 nitrogen and oxygen atoms in total. The van der Waals surface area contributed by atoms with Crippen LogP contribution >= 0.6 is 11.6 Å². The third-order valence-corrected chi connectivity index (χ3v) is 4.82. The molecule has 28 heavy (non-hydrogen) atoms. The summed E-state index contributed by atoms with van der Waals surface area (Å²) >= 11 is 6.40. The number of esters is 1. The minimum atomic E-state index is -1.71. The minimum absolute atomic E-state index is 0.159. The number of halogens is 1. The van der Waals surface area contributed by atoms with E-state index in [2.05, 4.69) is 0 Å². The van der Waals surface area contributed by atoms with Crippen LogP contribution in [0.15, 0.2) is 35.1 Å². The van der Waals surface area contributed by atoms with Crippen LogP contribution in [0, 0.1) is 0 Å². The number of rotatable bonds is 5. The normalized spacial score (nSPS) is 11.1. The third-order valence-electron chi connectivity index (χ3n) is 4.51. The van der Waals surface area contributed by atoms with Crippen molar-refractivity contribution in [2.45, 2.75) is 13.5 Å². The van der Waals surface area contributed by atoms with Crippen LogP contribution in [0.4, 0.5) is 5.69 Å². The number of nitrogens with zero attached hydrogens (tertiary/aromatic N) is 2. The molecule has 1 aromatic heterocycles. The lowest BCUT2D eigenvalue weighted by Crippen LogP contribution is -2.30. The summed E-state index contributed by atoms with van der Waals surface area (Å²) in [4.78, 5) is 27.2. The number of carbonyl (C=O) groups is 1. The molecule has 2 aromatic carbocycles. The van der Waals surface area contributed by atoms with Gasteiger partial charge in [0.1, 0.15) is 6.54 Å². The Hall–Kier alpha value is -2.55. The number of carbonyl (C=O) groups excluding carboxylic acids is 1. The first kappa shape index (κ1) is 20.2. The number of pyridine rings is 1. The van der Waals surface area contributed by atoms with Crippen molar-refractivity contribution in [3.05, 3.63) is 45.6 Å². The second kappa shape index (κ2) is 7.83. The number of aromatic nitrogens is 1. The van der Waals surface area contributed by atoms with Crippen LogP contribution in [-0.4, -0.2) is 48.4 Å². The number of anilines is 1. The Bertz CT molecular complexity index is 1130. The molecule has 146 valence electrons. The molecule has 0 fully saturated rings. The van der Waals surface area contributed by atoms with E-state index in [-0.39, 0.29) is 24.0 Å². The van der Waals surface area contributed by atoms with Crippen LogP contribution in [0.25, 0.3) is 21.8 Å². The standard InChI is InChI=1S/C19H20BClN2O5/c1-4-28-16(24)10-23-15-9-11(20(26)27)5-6-12(15)19(25)13-7-8-14(21)18(17(13)23)22(2)3/h5-9,26-27H,4,10H2,1-3H3. The van der Waals surface area contributed by atoms with Crippen molar-refractivity contribution in [3.8, 4) is 0 Å². The lowest BCUT2D eigenvalue weighted by atomic mass is 9.80. The zero-order valence-electron chi connectivity index (χ0n) is 15.8. The zero-order valence-corrected chi connectivity index (χ0v) is 16.5. The number of ether oxygens (including phenoxy) is 1. The first-order valence-electron chi connectivity index (χ1n) is 8.74. The van der Waals surface area contributed by atoms with Crippen LogP contribution in [0.3, 0.4) is 0 Å². The Kier molecular flexibility index (Phi) is 5.65. The van der Waals surface area contributed by atoms with Gasteiger partial charge in [0.05, 0.1) is 28.4 Å². The lowest BCUT2D eigenvalue weighted by Gasteiger charge is -2.22. The topological polar surface area (TPSA) is 92.0 Å². The molecule has 3 rings (SSSR count). The van der Waals surface area contributed by atoms with Crippen LogP contribution in [0.1, 0.15) is 6.92 Å². The first-order valence-corrected chi connectivity index (χ1v) is 9.11. The van der Waals surface area contributed by atoms with Gasteiger partial charge in [0.15, 0.2) is 5.43 Å². The van der Waals surface area contributed by atoms with E-state index < -0.39 is 13.1 Å². The van der Waals surface area contributed by atoms with Gasteiger partial charge in [-0.05, 0) is 36.7 Å². The number of hydrogen-bond acceptors (Lipinski definition) is 6. The maximum absolute atomic E-state index is 13.1. The first-order chi connectivity index (χ1) is 13.3. The second-order valence-electron chi connectivity index (χ2n) is 6.56. The fraction of sp³-hybridized carbons (Fsp3) is 0.263. The summed E-state index contributed by atoms with van der Waals surface area (Å²) < 4.78 is 6.73. The van der Waals surface area contributed by atoms with Gasteiger partial charge in [-0.3, -0.25) is 9.59 Å². The maximum Gasteiger partial charge on any atom is 0.488 e. The highest BCUT2D eigenvalue weighted by atomic mass is 35.5. The monoisotopic (exact) mass is 402 g/mol. The van der Waals surface area contributed by atoms with E-state index in [1.807, 2.05) is 0 Å². The number of hydrogen-bond donors (Lipinski definition) is 2. The molecule has 1 heterocycles. The van der Waals surface area contributed by atoms with Crippen molar-refractivity contribution >= 4 is 57.6 Å². The van der Waals surface area contributed by atoms with Gasteiger partial charge in [-0.2, -0.15) is 0 Å². The Morgan fingerprint density at radius 2 is 1.89 bits per heavy atom. The van der Waals surface area contributed by atoms with E-state index in [0.29, 0.717) is 32.5 Å². The largest absolute Gasteiger partial charge is 0.488 e. The van der Waals surface area contributed by atoms with Crippen LogP contribution in [0.5, 0.6) is 0 Å². The zero-order chi connectivity index (χ0) is 20.6. The van der Waals surface area contributed by atoms with Gasteiger partial charge in [-0.15, -0.1) is 0 Å². The fourth-order valence-corrected chi connectivity index (χ4v) is 3.65. The molecule has 0 aliphatic carbocycles. The highest BCUT2D eigenvalue weighted by Crippen LogP contribution is 2.33. The Balaban J connectivity index is 2.52. The highest BCUT2D eigenvalue weighted by Gasteiger charge is 2.21. The number of fused-ring (bicyclic) bond motifs is 2. The van der Waals surface area contributed by atoms with Crippen LogP contribution < -0.4 is 15.8 Å². The van der Waals surface area contributed by atoms with Crippen molar-refractivity contribution < 1.29 is 19.6 Å². The summed E-state index contributed by atoms with van der Waals surface area (Å²) in [6, 6.07) is 7.76. The number of benzene rings is 2. The van der Waals surface area contributed by atoms with Crippen LogP contribution in [0.2, 0.25) is 5.02 Å². The van der Waals surface area contributed by atoms with Gasteiger partial charge < -0.3 is 24.3 Å². The van der Waals surface area contributed by atoms with E-state index in [1.54, 1.807) is 42.6 Å². The molecular formula is C19H20BClN2O5. The maximum atomic E-state index is 13.1. The average molecular weight is 403 g/mol. The molecular weight excluding hydrogens is 382 g/mol. The van der Waals surface area contributed by atoms with Crippen molar-refractivity contribution in [2.75, 3.05) is 25.6 Å². The summed E-state index contributed by atoms with van der Waals surface area (Å²) in [6.45, 7) is 1.77. The van der Waals surface area contributed by atoms with Crippen molar-refractivity contribution in [2.24, 2.45) is 0 Å². The molecule has 2 N–H and O–H groups in total. The van der Waals surface area contributed by atoms with E-state index in [0.717, 1.165) is 0 Å². The summed E-state index contributed by atoms with van der Waals surface area (Å²) in [6.07, 6.45) is 0. The third kappa shape index (κ3) is 3.46. The Morgan fingerprint density at radius 3 is 2.50 bits per heavy atom. The van der Waals surface area contributed by atoms with E-state index in [4.69, 9.17) is 16.3 Å². The second-order valence-corrected chi connectivity index (χ2v) is 6.96. The van der Waals surface area contributed by atoms with Gasteiger partial charge >= 0.3 is 13.1 Å². The van der Waals surface area contributed by atoms with Gasteiger partial charge in [0.2, 0.25) is 0 Å². The molecule has 0 unspecified atom stereocenters. The Labute approximate surface area is 166 Å². The highest BCUT2D eigenvalue weighted by molar-refractivity contribution is 6.58. The molecule has 0 spiro atoms. The predicted octanol–water partition coefficient (Wildman–Crippen LogP) is 1.12. The Morgan fingerprint density at radius 1 is 1.21 bits per heavy atom. The lowest BCUT2D eigenvalue weighted by molar-refractivity contribution is -0.143. The molecule has 0 saturated carbocycles. The predicted molar refractivity (Wildman–Crippen MR) is 112 cm³/mol. The fourth-order valence-electron chi connectivity index (χ4n) is 3.33. The van der Waals surface area contributed by atoms with Gasteiger partial charge in [0, 0.05) is 24.9 Å². The SMILES string of the molecule is CCOC(=O)Cn1c2cc(B(O)O)ccc2c(=O)c2ccc(Cl)c(N(C)C)c21. The molecule has 0 saturated heterocycles. The summed E-state index contributed by atoms with van der Waals surface area (Å²) in [5.41, 5.74) is 1.42. The molecule has 0 radical (unpaired) electrons. The van der Waals surface area contributed by atoms with E-state index >= 15 is 0 Å². The molecule has 0 aliphatic heterocycles. The smallest absolute Gasteiger partial charge is 0.465 e. The van der Waals surface area contributed by atoms with Crippen LogP contribution in [-0.2, 0) is 16.1 Å². The van der Waals surface area contributed by atoms with Gasteiger partial charge in [-0.25, -0.2) is 0 Å². The van der Waals surface area contributed by atoms with E-state index in [9.17, 15) is 19.6 Å². The van der Waals surface area contributed by atoms with E-state index in [1.165, 1.54) is 18.2 Å². The van der Waals surface area contributed by atoms with Gasteiger partial charge in [0.25, 0.3) is 0 Å². The molecule has 9 heteroatoms. The van der Waals surface area contributed by atoms with Crippen molar-refractivity contribution in [1.29, 1.82) is 0 Å². The minimum Gasteiger partial charge on any atom is -0.465 e. The molecule has 0 amide bonds. The molecule has 0 atom stereocenters. The average Bonchev–Trinajstić information content (AvgIpc) is 2.64. The summed E-state index contributed by atoms with van der Waals surface area (Å²) in [7, 11) is 1.87. The van der Waals surface area contributed by atoms with Crippen molar-refractivity contribution in [1.82, 2.24) is 4.57 Å². The molecule has 3 aromatic rings. The quantitative estimate of drug-likeness (QED) is 0.377. The summed E-state index contributed by atoms with van der Waals surface area (Å²) in [5.74, 6) is -0.478. The molecule has 0 bridgehead atoms. The summed E-state index contributed by atoms with van der Waals surface area (Å²) in [5, 5.41) is 20.3. The molecule has 0 aliphatic rings. The van der Waals surface area contributed by atoms with Crippen molar-refractivity contribution in [3.63, 3.8) is 0 Å².